The van der Waals surface area contributed by atoms with Gasteiger partial charge >= 0.3 is 6.09 Å². The summed E-state index contributed by atoms with van der Waals surface area (Å²) in [4.78, 5) is 39.5. The molecule has 4 unspecified atom stereocenters. The van der Waals surface area contributed by atoms with Crippen LogP contribution in [0.2, 0.25) is 0 Å². The fourth-order valence-corrected chi connectivity index (χ4v) is 8.20. The fourth-order valence-electron chi connectivity index (χ4n) is 8.20. The molecule has 0 spiro atoms. The maximum atomic E-state index is 16.8. The Morgan fingerprint density at radius 3 is 2.59 bits per heavy atom. The van der Waals surface area contributed by atoms with Crippen molar-refractivity contribution in [2.75, 3.05) is 33.9 Å². The number of hydrogen-bond acceptors (Lipinski definition) is 8. The van der Waals surface area contributed by atoms with Crippen molar-refractivity contribution >= 4 is 35.1 Å². The number of nitrogens with one attached hydrogen (secondary N) is 4. The van der Waals surface area contributed by atoms with Crippen molar-refractivity contribution in [2.45, 2.75) is 92.4 Å². The fraction of sp³-hybridized carbons (Fsp3) is 0.478. The van der Waals surface area contributed by atoms with Crippen LogP contribution in [0.15, 0.2) is 59.4 Å². The molecule has 1 saturated heterocycles. The third-order valence-electron chi connectivity index (χ3n) is 11.7. The molecular formula is C46H60FN7O4. The zero-order valence-electron chi connectivity index (χ0n) is 35.5. The van der Waals surface area contributed by atoms with Crippen molar-refractivity contribution in [1.29, 1.82) is 0 Å². The van der Waals surface area contributed by atoms with Crippen LogP contribution in [0.4, 0.5) is 9.18 Å². The maximum absolute atomic E-state index is 16.8. The first-order valence-corrected chi connectivity index (χ1v) is 20.5. The molecule has 6 rings (SSSR count). The number of alkyl carbamates (subject to hydrolysis) is 1. The van der Waals surface area contributed by atoms with Gasteiger partial charge in [-0.15, -0.1) is 0 Å². The van der Waals surface area contributed by atoms with E-state index >= 15 is 4.39 Å². The zero-order chi connectivity index (χ0) is 41.7. The number of ether oxygens (including phenoxy) is 2. The maximum Gasteiger partial charge on any atom is 0.407 e. The van der Waals surface area contributed by atoms with E-state index in [4.69, 9.17) is 14.5 Å². The van der Waals surface area contributed by atoms with E-state index < -0.39 is 6.09 Å². The van der Waals surface area contributed by atoms with Crippen molar-refractivity contribution in [1.82, 2.24) is 30.8 Å². The smallest absolute Gasteiger partial charge is 0.407 e. The SMILES string of the molecule is COCC(=O)N1CCCC1C1NC=C(c2cc(F)c(/C(C)=C/c3cc(-c4cnc(CC(NC(=O)OC)C(C)C)[nH]4)ccc3C)c(CC(C)C3=CC(C(C)C)=NC3)c2)N1. The van der Waals surface area contributed by atoms with Crippen molar-refractivity contribution in [3.63, 3.8) is 0 Å². The number of methoxy groups -OCH3 is 2. The number of aromatic amines is 1. The monoisotopic (exact) mass is 793 g/mol. The van der Waals surface area contributed by atoms with Crippen LogP contribution in [0, 0.1) is 30.5 Å². The molecule has 2 amide bonds. The van der Waals surface area contributed by atoms with Gasteiger partial charge < -0.3 is 35.3 Å². The lowest BCUT2D eigenvalue weighted by molar-refractivity contribution is -0.136. The van der Waals surface area contributed by atoms with Crippen molar-refractivity contribution in [3.8, 4) is 11.3 Å². The second kappa shape index (κ2) is 18.6. The molecule has 0 radical (unpaired) electrons. The molecule has 3 aliphatic rings. The number of carbonyl (C=O) groups is 2. The molecule has 12 heteroatoms. The van der Waals surface area contributed by atoms with Gasteiger partial charge in [0, 0.05) is 54.7 Å². The molecule has 0 aliphatic carbocycles. The lowest BCUT2D eigenvalue weighted by Crippen LogP contribution is -2.52. The second-order valence-electron chi connectivity index (χ2n) is 16.6. The Labute approximate surface area is 342 Å². The topological polar surface area (TPSA) is 133 Å². The van der Waals surface area contributed by atoms with Gasteiger partial charge in [-0.2, -0.15) is 0 Å². The Kier molecular flexibility index (Phi) is 13.6. The summed E-state index contributed by atoms with van der Waals surface area (Å²) in [6.07, 6.45) is 10.3. The zero-order valence-corrected chi connectivity index (χ0v) is 35.5. The third kappa shape index (κ3) is 9.72. The van der Waals surface area contributed by atoms with E-state index in [1.54, 1.807) is 6.07 Å². The van der Waals surface area contributed by atoms with E-state index in [2.05, 4.69) is 90.0 Å². The molecule has 310 valence electrons. The number of likely N-dealkylation sites (tertiary alicyclic amines) is 1. The predicted molar refractivity (Wildman–Crippen MR) is 229 cm³/mol. The summed E-state index contributed by atoms with van der Waals surface area (Å²) in [6.45, 7) is 16.1. The molecule has 11 nitrogen and oxygen atoms in total. The number of H-pyrrole nitrogens is 1. The number of allylic oxidation sites excluding steroid dienone is 2. The van der Waals surface area contributed by atoms with E-state index in [1.165, 1.54) is 19.8 Å². The Morgan fingerprint density at radius 1 is 1.09 bits per heavy atom. The molecule has 2 aromatic carbocycles. The number of aryl methyl sites for hydroxylation is 1. The lowest BCUT2D eigenvalue weighted by atomic mass is 9.86. The molecule has 58 heavy (non-hydrogen) atoms. The molecule has 4 heterocycles. The van der Waals surface area contributed by atoms with Crippen molar-refractivity contribution < 1.29 is 23.5 Å². The van der Waals surface area contributed by atoms with Crippen LogP contribution in [-0.2, 0) is 27.1 Å². The Balaban J connectivity index is 1.29. The molecule has 3 aromatic rings. The first kappa shape index (κ1) is 42.4. The highest BCUT2D eigenvalue weighted by Crippen LogP contribution is 2.34. The average molecular weight is 794 g/mol. The Bertz CT molecular complexity index is 2120. The predicted octanol–water partition coefficient (Wildman–Crippen LogP) is 7.68. The van der Waals surface area contributed by atoms with E-state index in [0.717, 1.165) is 69.2 Å². The van der Waals surface area contributed by atoms with Crippen LogP contribution in [-0.4, -0.2) is 84.7 Å². The van der Waals surface area contributed by atoms with Crippen molar-refractivity contribution in [3.05, 3.63) is 93.8 Å². The van der Waals surface area contributed by atoms with Gasteiger partial charge in [-0.25, -0.2) is 14.2 Å². The van der Waals surface area contributed by atoms with E-state index in [9.17, 15) is 9.59 Å². The summed E-state index contributed by atoms with van der Waals surface area (Å²) in [7, 11) is 2.90. The Hall–Kier alpha value is -5.23. The minimum absolute atomic E-state index is 0.0262. The Morgan fingerprint density at radius 2 is 1.88 bits per heavy atom. The summed E-state index contributed by atoms with van der Waals surface area (Å²) >= 11 is 0. The van der Waals surface area contributed by atoms with Gasteiger partial charge in [-0.05, 0) is 103 Å². The van der Waals surface area contributed by atoms with Gasteiger partial charge in [0.2, 0.25) is 5.91 Å². The summed E-state index contributed by atoms with van der Waals surface area (Å²) < 4.78 is 26.8. The van der Waals surface area contributed by atoms with E-state index in [-0.39, 0.29) is 48.4 Å². The van der Waals surface area contributed by atoms with Crippen LogP contribution in [0.25, 0.3) is 28.6 Å². The van der Waals surface area contributed by atoms with Crippen LogP contribution in [0.5, 0.6) is 0 Å². The van der Waals surface area contributed by atoms with Gasteiger partial charge in [0.1, 0.15) is 24.4 Å². The molecule has 1 aromatic heterocycles. The number of hydrogen-bond donors (Lipinski definition) is 4. The van der Waals surface area contributed by atoms with Crippen LogP contribution in [0.1, 0.15) is 88.0 Å². The number of nitrogens with zero attached hydrogens (tertiary/aromatic N) is 3. The summed E-state index contributed by atoms with van der Waals surface area (Å²) in [6, 6.07) is 9.78. The summed E-state index contributed by atoms with van der Waals surface area (Å²) in [5, 5.41) is 9.92. The number of halogens is 1. The minimum atomic E-state index is -0.467. The van der Waals surface area contributed by atoms with Gasteiger partial charge in [-0.1, -0.05) is 52.8 Å². The standard InChI is InChI=1S/C46H60FN7O4/c1-26(2)37-20-35(22-48-37)29(6)15-34-18-33(40-24-50-45(52-40)41-11-10-14-54(41)43(55)25-57-8)19-36(47)44(34)30(7)16-32-17-31(13-12-28(32)5)39-23-49-42(51-39)21-38(27(3)4)53-46(56)58-9/h12-13,16-20,23-24,26-27,29,38,41,45,50,52H,10-11,14-15,21-22,25H2,1-9H3,(H,49,51)(H,53,56)/b30-16+. The van der Waals surface area contributed by atoms with E-state index in [1.807, 2.05) is 38.1 Å². The molecule has 4 N–H and O–H groups in total. The average Bonchev–Trinajstić information content (AvgIpc) is 4.02. The van der Waals surface area contributed by atoms with Crippen molar-refractivity contribution in [2.24, 2.45) is 22.7 Å². The number of amides is 2. The molecule has 1 fully saturated rings. The molecule has 3 aliphatic heterocycles. The number of imidazole rings is 1. The van der Waals surface area contributed by atoms with Gasteiger partial charge in [-0.3, -0.25) is 9.79 Å². The third-order valence-corrected chi connectivity index (χ3v) is 11.7. The van der Waals surface area contributed by atoms with Crippen LogP contribution < -0.4 is 16.0 Å². The molecular weight excluding hydrogens is 734 g/mol. The summed E-state index contributed by atoms with van der Waals surface area (Å²) in [5.74, 6) is 1.12. The molecule has 0 bridgehead atoms. The largest absolute Gasteiger partial charge is 0.453 e. The number of benzene rings is 2. The minimum Gasteiger partial charge on any atom is -0.453 e. The van der Waals surface area contributed by atoms with Gasteiger partial charge in [0.05, 0.1) is 37.3 Å². The highest BCUT2D eigenvalue weighted by Gasteiger charge is 2.36. The quantitative estimate of drug-likeness (QED) is 0.116. The highest BCUT2D eigenvalue weighted by molar-refractivity contribution is 5.99. The number of carbonyl (C=O) groups excluding carboxylic acids is 2. The van der Waals surface area contributed by atoms with Crippen LogP contribution >= 0.6 is 0 Å². The normalized spacial score (nSPS) is 19.1. The lowest BCUT2D eigenvalue weighted by Gasteiger charge is -2.30. The number of aromatic nitrogens is 2. The van der Waals surface area contributed by atoms with Crippen LogP contribution in [0.3, 0.4) is 0 Å². The van der Waals surface area contributed by atoms with Gasteiger partial charge in [0.25, 0.3) is 0 Å². The first-order chi connectivity index (χ1) is 27.8. The highest BCUT2D eigenvalue weighted by atomic mass is 19.1. The molecule has 4 atom stereocenters. The van der Waals surface area contributed by atoms with Gasteiger partial charge in [0.15, 0.2) is 0 Å². The number of rotatable bonds is 15. The summed E-state index contributed by atoms with van der Waals surface area (Å²) in [5.41, 5.74) is 10.1. The first-order valence-electron chi connectivity index (χ1n) is 20.5. The number of aliphatic imine (C=N–C) groups is 1. The van der Waals surface area contributed by atoms with E-state index in [0.29, 0.717) is 37.4 Å². The second-order valence-corrected chi connectivity index (χ2v) is 16.6. The molecule has 0 saturated carbocycles.